The fourth-order valence-electron chi connectivity index (χ4n) is 6.39. The van der Waals surface area contributed by atoms with Gasteiger partial charge in [0, 0.05) is 28.3 Å². The van der Waals surface area contributed by atoms with Crippen LogP contribution in [0, 0.1) is 5.82 Å². The van der Waals surface area contributed by atoms with Gasteiger partial charge in [-0.25, -0.2) is 14.4 Å². The number of hydrogen-bond acceptors (Lipinski definition) is 6. The monoisotopic (exact) mass is 674 g/mol. The first-order chi connectivity index (χ1) is 22.2. The molecule has 4 atom stereocenters. The van der Waals surface area contributed by atoms with Gasteiger partial charge in [-0.15, -0.1) is 6.58 Å². The van der Waals surface area contributed by atoms with Crippen LogP contribution >= 0.6 is 15.4 Å². The van der Waals surface area contributed by atoms with Crippen LogP contribution in [0.15, 0.2) is 104 Å². The molecule has 0 fully saturated rings. The van der Waals surface area contributed by atoms with Crippen LogP contribution in [0.4, 0.5) is 4.39 Å². The second kappa shape index (κ2) is 12.7. The zero-order chi connectivity index (χ0) is 34.3. The third-order valence-electron chi connectivity index (χ3n) is 8.50. The molecule has 0 aliphatic carbocycles. The summed E-state index contributed by atoms with van der Waals surface area (Å²) in [6.07, 6.45) is 0.201. The molecule has 5 rings (SSSR count). The van der Waals surface area contributed by atoms with Crippen LogP contribution in [0.2, 0.25) is 0 Å². The highest BCUT2D eigenvalue weighted by atomic mass is 31.2. The van der Waals surface area contributed by atoms with Crippen LogP contribution in [-0.2, 0) is 25.5 Å². The maximum Gasteiger partial charge on any atom is 0.327 e. The van der Waals surface area contributed by atoms with Crippen molar-refractivity contribution in [1.29, 1.82) is 0 Å². The fourth-order valence-corrected chi connectivity index (χ4v) is 8.99. The van der Waals surface area contributed by atoms with E-state index < -0.39 is 55.4 Å². The molecule has 0 saturated carbocycles. The number of carbonyl (C=O) groups is 1. The molecule has 242 valence electrons. The van der Waals surface area contributed by atoms with Gasteiger partial charge in [0.25, 0.3) is 0 Å². The van der Waals surface area contributed by atoms with Gasteiger partial charge >= 0.3 is 5.97 Å². The molecule has 2 aromatic heterocycles. The summed E-state index contributed by atoms with van der Waals surface area (Å²) in [7, 11) is -9.14. The van der Waals surface area contributed by atoms with Gasteiger partial charge in [0.1, 0.15) is 16.9 Å². The Balaban J connectivity index is 1.95. The summed E-state index contributed by atoms with van der Waals surface area (Å²) in [4.78, 5) is 44.9. The van der Waals surface area contributed by atoms with E-state index in [0.717, 1.165) is 6.08 Å². The Morgan fingerprint density at radius 1 is 1.02 bits per heavy atom. The van der Waals surface area contributed by atoms with Crippen molar-refractivity contribution in [3.63, 3.8) is 0 Å². The SMILES string of the molecule is C=CC(O)(Cc1c(-c2ccc(F)cc2)nc2ccccc2c1C(C)C)C(C(=O)O)(c1cc2ccccc2nc1[PH](=O)O)P(=O)(O)C=C. The molecule has 12 heteroatoms. The van der Waals surface area contributed by atoms with Crippen LogP contribution in [-0.4, -0.2) is 41.5 Å². The third kappa shape index (κ3) is 5.56. The van der Waals surface area contributed by atoms with Gasteiger partial charge in [-0.2, -0.15) is 0 Å². The molecule has 0 saturated heterocycles. The zero-order valence-corrected chi connectivity index (χ0v) is 27.5. The number of fused-ring (bicyclic) bond motifs is 2. The van der Waals surface area contributed by atoms with E-state index in [1.165, 1.54) is 36.4 Å². The molecule has 0 radical (unpaired) electrons. The first kappa shape index (κ1) is 34.0. The average molecular weight is 675 g/mol. The normalized spacial score (nSPS) is 16.2. The summed E-state index contributed by atoms with van der Waals surface area (Å²) in [5.41, 5.74) is -1.69. The van der Waals surface area contributed by atoms with E-state index in [2.05, 4.69) is 18.1 Å². The summed E-state index contributed by atoms with van der Waals surface area (Å²) >= 11 is 0. The quantitative estimate of drug-likeness (QED) is 0.0888. The molecule has 4 N–H and O–H groups in total. The van der Waals surface area contributed by atoms with Crippen molar-refractivity contribution in [3.8, 4) is 11.3 Å². The zero-order valence-electron chi connectivity index (χ0n) is 25.6. The van der Waals surface area contributed by atoms with Crippen molar-refractivity contribution in [2.45, 2.75) is 36.9 Å². The molecular weight excluding hydrogens is 641 g/mol. The number of aliphatic hydroxyl groups is 1. The molecule has 0 aliphatic heterocycles. The van der Waals surface area contributed by atoms with E-state index in [9.17, 15) is 38.3 Å². The maximum atomic E-state index is 14.4. The number of para-hydroxylation sites is 2. The molecule has 9 nitrogen and oxygen atoms in total. The Morgan fingerprint density at radius 2 is 1.64 bits per heavy atom. The number of carboxylic acid groups (broad SMARTS) is 1. The van der Waals surface area contributed by atoms with Gasteiger partial charge in [0.15, 0.2) is 0 Å². The topological polar surface area (TPSA) is 158 Å². The fraction of sp³-hybridized carbons (Fsp3) is 0.171. The number of rotatable bonds is 11. The molecule has 4 unspecified atom stereocenters. The Labute approximate surface area is 271 Å². The Hall–Kier alpha value is -4.30. The second-order valence-corrected chi connectivity index (χ2v) is 14.9. The second-order valence-electron chi connectivity index (χ2n) is 11.5. The number of halogens is 1. The van der Waals surface area contributed by atoms with Crippen LogP contribution in [0.5, 0.6) is 0 Å². The van der Waals surface area contributed by atoms with E-state index in [1.807, 2.05) is 19.9 Å². The van der Waals surface area contributed by atoms with Crippen molar-refractivity contribution in [2.75, 3.05) is 0 Å². The van der Waals surface area contributed by atoms with Crippen molar-refractivity contribution in [3.05, 3.63) is 126 Å². The number of aromatic nitrogens is 2. The minimum absolute atomic E-state index is 0.228. The smallest absolute Gasteiger partial charge is 0.327 e. The summed E-state index contributed by atoms with van der Waals surface area (Å²) in [5, 5.41) is 21.6. The predicted molar refractivity (Wildman–Crippen MR) is 182 cm³/mol. The van der Waals surface area contributed by atoms with E-state index in [0.29, 0.717) is 33.4 Å². The minimum Gasteiger partial charge on any atom is -0.480 e. The van der Waals surface area contributed by atoms with E-state index in [-0.39, 0.29) is 22.5 Å². The Bertz CT molecular complexity index is 2140. The number of nitrogens with zero attached hydrogens (tertiary/aromatic N) is 2. The third-order valence-corrected chi connectivity index (χ3v) is 11.6. The Kier molecular flexibility index (Phi) is 9.21. The summed E-state index contributed by atoms with van der Waals surface area (Å²) in [6, 6.07) is 20.1. The highest BCUT2D eigenvalue weighted by Crippen LogP contribution is 2.67. The largest absolute Gasteiger partial charge is 0.480 e. The highest BCUT2D eigenvalue weighted by Gasteiger charge is 2.67. The molecule has 0 spiro atoms. The summed E-state index contributed by atoms with van der Waals surface area (Å²) in [5.74, 6) is -2.20. The van der Waals surface area contributed by atoms with Crippen LogP contribution in [0.1, 0.15) is 36.5 Å². The van der Waals surface area contributed by atoms with Crippen LogP contribution in [0.25, 0.3) is 33.1 Å². The number of benzene rings is 3. The molecule has 2 heterocycles. The number of aliphatic carboxylic acids is 1. The molecule has 3 aromatic carbocycles. The molecule has 0 bridgehead atoms. The number of hydrogen-bond donors (Lipinski definition) is 4. The summed E-state index contributed by atoms with van der Waals surface area (Å²) < 4.78 is 41.3. The lowest BCUT2D eigenvalue weighted by molar-refractivity contribution is -0.147. The van der Waals surface area contributed by atoms with Crippen molar-refractivity contribution >= 4 is 48.6 Å². The van der Waals surface area contributed by atoms with Gasteiger partial charge < -0.3 is 20.0 Å². The van der Waals surface area contributed by atoms with Gasteiger partial charge in [-0.1, -0.05) is 62.9 Å². The molecule has 47 heavy (non-hydrogen) atoms. The Morgan fingerprint density at radius 3 is 2.21 bits per heavy atom. The van der Waals surface area contributed by atoms with Crippen molar-refractivity contribution in [2.24, 2.45) is 0 Å². The molecule has 5 aromatic rings. The minimum atomic E-state index is -5.29. The molecule has 0 aliphatic rings. The van der Waals surface area contributed by atoms with Gasteiger partial charge in [-0.05, 0) is 65.3 Å². The first-order valence-corrected chi connectivity index (χ1v) is 17.7. The van der Waals surface area contributed by atoms with Gasteiger partial charge in [0.05, 0.1) is 16.7 Å². The van der Waals surface area contributed by atoms with Crippen LogP contribution < -0.4 is 5.44 Å². The number of carboxylic acids is 1. The number of pyridine rings is 2. The standard InChI is InChI=1S/C35H33FN2O7P2/c1-5-34(41,20-26-30(21(3)4)25-12-8-10-14-29(25)37-31(26)22-15-17-24(36)18-16-22)35(33(39)40,47(44,45)6-2)27-19-23-11-7-9-13-28(23)38-32(27)46(42)43/h5-19,21,41,46H,1-2,20H2,3-4H3,(H,39,40)(H,42,43)(H,44,45). The summed E-state index contributed by atoms with van der Waals surface area (Å²) in [6.45, 7) is 11.0. The van der Waals surface area contributed by atoms with E-state index in [4.69, 9.17) is 4.98 Å². The lowest BCUT2D eigenvalue weighted by atomic mass is 9.74. The lowest BCUT2D eigenvalue weighted by Crippen LogP contribution is -2.58. The van der Waals surface area contributed by atoms with Crippen molar-refractivity contribution < 1.29 is 38.3 Å². The predicted octanol–water partition coefficient (Wildman–Crippen LogP) is 6.66. The molecule has 0 amide bonds. The van der Waals surface area contributed by atoms with E-state index in [1.54, 1.807) is 36.4 Å². The highest BCUT2D eigenvalue weighted by molar-refractivity contribution is 7.63. The maximum absolute atomic E-state index is 14.4. The first-order valence-electron chi connectivity index (χ1n) is 14.6. The average Bonchev–Trinajstić information content (AvgIpc) is 3.04. The molecular formula is C35H33FN2O7P2. The van der Waals surface area contributed by atoms with Gasteiger partial charge in [0.2, 0.25) is 20.6 Å². The lowest BCUT2D eigenvalue weighted by Gasteiger charge is -2.45. The van der Waals surface area contributed by atoms with E-state index >= 15 is 0 Å². The van der Waals surface area contributed by atoms with Crippen LogP contribution in [0.3, 0.4) is 0 Å². The van der Waals surface area contributed by atoms with Crippen molar-refractivity contribution in [1.82, 2.24) is 9.97 Å². The van der Waals surface area contributed by atoms with Gasteiger partial charge in [-0.3, -0.25) is 13.9 Å².